The van der Waals surface area contributed by atoms with Gasteiger partial charge in [0.05, 0.1) is 24.4 Å². The SMILES string of the molecule is CCC(NCc1c(C)nn(C)c1OC)c1nccs1. The molecule has 0 spiro atoms. The van der Waals surface area contributed by atoms with Crippen LogP contribution in [0.15, 0.2) is 11.6 Å². The predicted molar refractivity (Wildman–Crippen MR) is 76.5 cm³/mol. The van der Waals surface area contributed by atoms with Crippen molar-refractivity contribution in [2.24, 2.45) is 7.05 Å². The van der Waals surface area contributed by atoms with Crippen molar-refractivity contribution in [3.05, 3.63) is 27.8 Å². The van der Waals surface area contributed by atoms with E-state index in [9.17, 15) is 0 Å². The maximum absolute atomic E-state index is 5.40. The van der Waals surface area contributed by atoms with Crippen LogP contribution in [0.25, 0.3) is 0 Å². The third-order valence-electron chi connectivity index (χ3n) is 3.17. The Kier molecular flexibility index (Phi) is 4.55. The molecule has 0 fully saturated rings. The molecule has 1 unspecified atom stereocenters. The summed E-state index contributed by atoms with van der Waals surface area (Å²) in [6.07, 6.45) is 2.86. The van der Waals surface area contributed by atoms with Crippen molar-refractivity contribution in [3.8, 4) is 5.88 Å². The minimum absolute atomic E-state index is 0.282. The van der Waals surface area contributed by atoms with Crippen molar-refractivity contribution < 1.29 is 4.74 Å². The summed E-state index contributed by atoms with van der Waals surface area (Å²) in [5.41, 5.74) is 2.11. The third-order valence-corrected chi connectivity index (χ3v) is 4.05. The van der Waals surface area contributed by atoms with Crippen LogP contribution in [0.5, 0.6) is 5.88 Å². The summed E-state index contributed by atoms with van der Waals surface area (Å²) in [5, 5.41) is 11.1. The van der Waals surface area contributed by atoms with Gasteiger partial charge in [0, 0.05) is 25.2 Å². The van der Waals surface area contributed by atoms with E-state index in [1.165, 1.54) is 0 Å². The molecule has 0 aliphatic heterocycles. The number of hydrogen-bond acceptors (Lipinski definition) is 5. The lowest BCUT2D eigenvalue weighted by atomic mass is 10.2. The van der Waals surface area contributed by atoms with Gasteiger partial charge in [0.1, 0.15) is 5.01 Å². The van der Waals surface area contributed by atoms with Gasteiger partial charge >= 0.3 is 0 Å². The summed E-state index contributed by atoms with van der Waals surface area (Å²) in [5.74, 6) is 0.819. The molecule has 0 amide bonds. The van der Waals surface area contributed by atoms with Gasteiger partial charge in [-0.15, -0.1) is 11.3 Å². The molecule has 5 nitrogen and oxygen atoms in total. The molecule has 2 rings (SSSR count). The van der Waals surface area contributed by atoms with Gasteiger partial charge in [-0.3, -0.25) is 0 Å². The Hall–Kier alpha value is -1.40. The summed E-state index contributed by atoms with van der Waals surface area (Å²) >= 11 is 1.68. The Morgan fingerprint density at radius 3 is 2.89 bits per heavy atom. The Labute approximate surface area is 117 Å². The van der Waals surface area contributed by atoms with Crippen LogP contribution in [0.2, 0.25) is 0 Å². The first kappa shape index (κ1) is 14.0. The van der Waals surface area contributed by atoms with Gasteiger partial charge in [0.15, 0.2) is 0 Å². The minimum Gasteiger partial charge on any atom is -0.481 e. The number of thiazole rings is 1. The first-order chi connectivity index (χ1) is 9.17. The first-order valence-corrected chi connectivity index (χ1v) is 7.24. The summed E-state index contributed by atoms with van der Waals surface area (Å²) < 4.78 is 7.18. The number of nitrogens with zero attached hydrogens (tertiary/aromatic N) is 3. The molecule has 1 atom stereocenters. The number of nitrogens with one attached hydrogen (secondary N) is 1. The highest BCUT2D eigenvalue weighted by atomic mass is 32.1. The molecule has 0 bridgehead atoms. The van der Waals surface area contributed by atoms with Crippen molar-refractivity contribution in [1.82, 2.24) is 20.1 Å². The average Bonchev–Trinajstić information content (AvgIpc) is 2.99. The van der Waals surface area contributed by atoms with E-state index in [0.29, 0.717) is 0 Å². The van der Waals surface area contributed by atoms with E-state index in [4.69, 9.17) is 4.74 Å². The Morgan fingerprint density at radius 1 is 1.53 bits per heavy atom. The standard InChI is InChI=1S/C13H20N4OS/c1-5-11(12-14-6-7-19-12)15-8-10-9(2)16-17(3)13(10)18-4/h6-7,11,15H,5,8H2,1-4H3. The van der Waals surface area contributed by atoms with Crippen molar-refractivity contribution in [3.63, 3.8) is 0 Å². The molecule has 2 aromatic rings. The van der Waals surface area contributed by atoms with E-state index in [0.717, 1.165) is 35.1 Å². The number of ether oxygens (including phenoxy) is 1. The van der Waals surface area contributed by atoms with Gasteiger partial charge in [-0.25, -0.2) is 9.67 Å². The topological polar surface area (TPSA) is 52.0 Å². The molecular weight excluding hydrogens is 260 g/mol. The molecule has 6 heteroatoms. The van der Waals surface area contributed by atoms with Crippen LogP contribution in [0.1, 0.15) is 35.7 Å². The van der Waals surface area contributed by atoms with Crippen LogP contribution in [-0.4, -0.2) is 21.9 Å². The number of methoxy groups -OCH3 is 1. The molecule has 0 aromatic carbocycles. The van der Waals surface area contributed by atoms with E-state index in [1.807, 2.05) is 25.5 Å². The fraction of sp³-hybridized carbons (Fsp3) is 0.538. The molecule has 104 valence electrons. The lowest BCUT2D eigenvalue weighted by Crippen LogP contribution is -2.20. The second kappa shape index (κ2) is 6.16. The zero-order valence-corrected chi connectivity index (χ0v) is 12.6. The smallest absolute Gasteiger partial charge is 0.216 e. The van der Waals surface area contributed by atoms with E-state index < -0.39 is 0 Å². The van der Waals surface area contributed by atoms with Crippen molar-refractivity contribution in [2.75, 3.05) is 7.11 Å². The van der Waals surface area contributed by atoms with Gasteiger partial charge < -0.3 is 10.1 Å². The zero-order valence-electron chi connectivity index (χ0n) is 11.8. The highest BCUT2D eigenvalue weighted by Crippen LogP contribution is 2.24. The maximum atomic E-state index is 5.40. The van der Waals surface area contributed by atoms with Gasteiger partial charge in [-0.1, -0.05) is 6.92 Å². The number of rotatable bonds is 6. The number of aryl methyl sites for hydroxylation is 2. The molecule has 0 aliphatic rings. The van der Waals surface area contributed by atoms with Crippen LogP contribution in [0.4, 0.5) is 0 Å². The fourth-order valence-corrected chi connectivity index (χ4v) is 2.97. The van der Waals surface area contributed by atoms with Crippen LogP contribution >= 0.6 is 11.3 Å². The summed E-state index contributed by atoms with van der Waals surface area (Å²) in [4.78, 5) is 4.37. The summed E-state index contributed by atoms with van der Waals surface area (Å²) in [7, 11) is 3.57. The maximum Gasteiger partial charge on any atom is 0.216 e. The molecular formula is C13H20N4OS. The first-order valence-electron chi connectivity index (χ1n) is 6.36. The van der Waals surface area contributed by atoms with E-state index in [1.54, 1.807) is 23.1 Å². The van der Waals surface area contributed by atoms with Crippen LogP contribution in [0, 0.1) is 6.92 Å². The molecule has 0 aliphatic carbocycles. The lowest BCUT2D eigenvalue weighted by molar-refractivity contribution is 0.366. The van der Waals surface area contributed by atoms with Gasteiger partial charge in [0.25, 0.3) is 0 Å². The van der Waals surface area contributed by atoms with Crippen LogP contribution in [0.3, 0.4) is 0 Å². The molecule has 2 aromatic heterocycles. The second-order valence-corrected chi connectivity index (χ2v) is 5.34. The fourth-order valence-electron chi connectivity index (χ4n) is 2.18. The number of hydrogen-bond donors (Lipinski definition) is 1. The molecule has 0 saturated carbocycles. The largest absolute Gasteiger partial charge is 0.481 e. The molecule has 2 heterocycles. The quantitative estimate of drug-likeness (QED) is 0.883. The predicted octanol–water partition coefficient (Wildman–Crippen LogP) is 2.43. The molecule has 1 N–H and O–H groups in total. The Balaban J connectivity index is 2.10. The monoisotopic (exact) mass is 280 g/mol. The normalized spacial score (nSPS) is 12.6. The summed E-state index contributed by atoms with van der Waals surface area (Å²) in [6, 6.07) is 0.282. The third kappa shape index (κ3) is 2.96. The highest BCUT2D eigenvalue weighted by Gasteiger charge is 2.17. The van der Waals surface area contributed by atoms with Gasteiger partial charge in [0.2, 0.25) is 5.88 Å². The van der Waals surface area contributed by atoms with Crippen molar-refractivity contribution in [1.29, 1.82) is 0 Å². The highest BCUT2D eigenvalue weighted by molar-refractivity contribution is 7.09. The Morgan fingerprint density at radius 2 is 2.32 bits per heavy atom. The molecule has 0 saturated heterocycles. The van der Waals surface area contributed by atoms with Crippen molar-refractivity contribution >= 4 is 11.3 Å². The van der Waals surface area contributed by atoms with Crippen molar-refractivity contribution in [2.45, 2.75) is 32.9 Å². The zero-order chi connectivity index (χ0) is 13.8. The molecule has 0 radical (unpaired) electrons. The van der Waals surface area contributed by atoms with E-state index >= 15 is 0 Å². The van der Waals surface area contributed by atoms with E-state index in [-0.39, 0.29) is 6.04 Å². The van der Waals surface area contributed by atoms with E-state index in [2.05, 4.69) is 22.3 Å². The average molecular weight is 280 g/mol. The Bertz CT molecular complexity index is 521. The van der Waals surface area contributed by atoms with Crippen LogP contribution < -0.4 is 10.1 Å². The second-order valence-electron chi connectivity index (χ2n) is 4.41. The van der Waals surface area contributed by atoms with Crippen LogP contribution in [-0.2, 0) is 13.6 Å². The molecule has 19 heavy (non-hydrogen) atoms. The number of aromatic nitrogens is 3. The lowest BCUT2D eigenvalue weighted by Gasteiger charge is -2.14. The summed E-state index contributed by atoms with van der Waals surface area (Å²) in [6.45, 7) is 4.90. The van der Waals surface area contributed by atoms with Gasteiger partial charge in [-0.2, -0.15) is 5.10 Å². The minimum atomic E-state index is 0.282. The van der Waals surface area contributed by atoms with Gasteiger partial charge in [-0.05, 0) is 13.3 Å².